The molecule has 9 heteroatoms. The van der Waals surface area contributed by atoms with Gasteiger partial charge in [-0.3, -0.25) is 14.8 Å². The van der Waals surface area contributed by atoms with Gasteiger partial charge in [-0.15, -0.1) is 0 Å². The maximum atomic E-state index is 12.3. The van der Waals surface area contributed by atoms with E-state index in [1.807, 2.05) is 0 Å². The molecule has 0 heterocycles. The van der Waals surface area contributed by atoms with Crippen molar-refractivity contribution >= 4 is 44.6 Å². The van der Waals surface area contributed by atoms with Crippen molar-refractivity contribution in [2.75, 3.05) is 4.72 Å². The lowest BCUT2D eigenvalue weighted by atomic mass is 10.2. The van der Waals surface area contributed by atoms with E-state index in [-0.39, 0.29) is 26.3 Å². The number of anilines is 1. The molecule has 0 spiro atoms. The van der Waals surface area contributed by atoms with Crippen LogP contribution in [0, 0.1) is 17.0 Å². The topological polar surface area (TPSA) is 89.3 Å². The second kappa shape index (κ2) is 6.12. The SMILES string of the molecule is Cc1ccc(S(=O)(=O)Nc2ccc([N+](=O)[O-])cc2Cl)c(Cl)c1. The molecule has 0 bridgehead atoms. The molecule has 6 nitrogen and oxygen atoms in total. The van der Waals surface area contributed by atoms with E-state index in [4.69, 9.17) is 23.2 Å². The van der Waals surface area contributed by atoms with Crippen LogP contribution < -0.4 is 4.72 Å². The van der Waals surface area contributed by atoms with Gasteiger partial charge in [-0.05, 0) is 30.7 Å². The quantitative estimate of drug-likeness (QED) is 0.658. The van der Waals surface area contributed by atoms with Gasteiger partial charge in [0.15, 0.2) is 0 Å². The summed E-state index contributed by atoms with van der Waals surface area (Å²) in [7, 11) is -3.95. The zero-order valence-corrected chi connectivity index (χ0v) is 13.5. The predicted molar refractivity (Wildman–Crippen MR) is 85.1 cm³/mol. The lowest BCUT2D eigenvalue weighted by Gasteiger charge is -2.11. The van der Waals surface area contributed by atoms with Crippen LogP contribution in [-0.2, 0) is 10.0 Å². The van der Waals surface area contributed by atoms with E-state index >= 15 is 0 Å². The van der Waals surface area contributed by atoms with Crippen LogP contribution in [0.4, 0.5) is 11.4 Å². The normalized spacial score (nSPS) is 11.2. The van der Waals surface area contributed by atoms with Crippen molar-refractivity contribution in [3.8, 4) is 0 Å². The molecule has 116 valence electrons. The molecule has 0 saturated carbocycles. The molecule has 0 aliphatic carbocycles. The van der Waals surface area contributed by atoms with Crippen molar-refractivity contribution in [3.05, 3.63) is 62.1 Å². The lowest BCUT2D eigenvalue weighted by molar-refractivity contribution is -0.384. The first-order valence-electron chi connectivity index (χ1n) is 5.93. The summed E-state index contributed by atoms with van der Waals surface area (Å²) in [5.74, 6) is 0. The largest absolute Gasteiger partial charge is 0.278 e. The van der Waals surface area contributed by atoms with Gasteiger partial charge in [0.25, 0.3) is 15.7 Å². The number of nitrogens with zero attached hydrogens (tertiary/aromatic N) is 1. The Morgan fingerprint density at radius 2 is 1.77 bits per heavy atom. The third kappa shape index (κ3) is 3.49. The van der Waals surface area contributed by atoms with Crippen molar-refractivity contribution in [2.24, 2.45) is 0 Å². The molecule has 0 amide bonds. The first kappa shape index (κ1) is 16.5. The van der Waals surface area contributed by atoms with E-state index in [0.29, 0.717) is 0 Å². The lowest BCUT2D eigenvalue weighted by Crippen LogP contribution is -2.14. The third-order valence-electron chi connectivity index (χ3n) is 2.78. The number of hydrogen-bond donors (Lipinski definition) is 1. The average Bonchev–Trinajstić information content (AvgIpc) is 2.40. The van der Waals surface area contributed by atoms with Gasteiger partial charge in [0.2, 0.25) is 0 Å². The number of non-ortho nitro benzene ring substituents is 1. The summed E-state index contributed by atoms with van der Waals surface area (Å²) in [4.78, 5) is 9.91. The number of halogens is 2. The summed E-state index contributed by atoms with van der Waals surface area (Å²) in [5.41, 5.74) is 0.613. The van der Waals surface area contributed by atoms with Gasteiger partial charge in [-0.2, -0.15) is 0 Å². The van der Waals surface area contributed by atoms with E-state index in [9.17, 15) is 18.5 Å². The Hall–Kier alpha value is -1.83. The Kier molecular flexibility index (Phi) is 4.60. The highest BCUT2D eigenvalue weighted by Crippen LogP contribution is 2.30. The number of benzene rings is 2. The Morgan fingerprint density at radius 3 is 2.32 bits per heavy atom. The van der Waals surface area contributed by atoms with E-state index in [0.717, 1.165) is 17.7 Å². The molecule has 2 aromatic carbocycles. The van der Waals surface area contributed by atoms with Crippen molar-refractivity contribution in [1.82, 2.24) is 0 Å². The number of nitro groups is 1. The Morgan fingerprint density at radius 1 is 1.09 bits per heavy atom. The maximum Gasteiger partial charge on any atom is 0.271 e. The maximum absolute atomic E-state index is 12.3. The second-order valence-corrected chi connectivity index (χ2v) is 6.93. The van der Waals surface area contributed by atoms with Gasteiger partial charge < -0.3 is 0 Å². The molecule has 2 aromatic rings. The Balaban J connectivity index is 2.39. The number of hydrogen-bond acceptors (Lipinski definition) is 4. The molecule has 1 N–H and O–H groups in total. The van der Waals surface area contributed by atoms with Gasteiger partial charge in [0, 0.05) is 12.1 Å². The van der Waals surface area contributed by atoms with Crippen LogP contribution in [0.2, 0.25) is 10.0 Å². The minimum Gasteiger partial charge on any atom is -0.278 e. The molecule has 0 aliphatic rings. The minimum atomic E-state index is -3.95. The highest BCUT2D eigenvalue weighted by atomic mass is 35.5. The number of aryl methyl sites for hydroxylation is 1. The van der Waals surface area contributed by atoms with Gasteiger partial charge in [0.05, 0.1) is 20.7 Å². The summed E-state index contributed by atoms with van der Waals surface area (Å²) in [6.07, 6.45) is 0. The molecule has 0 saturated heterocycles. The number of sulfonamides is 1. The first-order chi connectivity index (χ1) is 10.2. The minimum absolute atomic E-state index is 0.0314. The van der Waals surface area contributed by atoms with E-state index in [1.54, 1.807) is 13.0 Å². The molecule has 0 fully saturated rings. The fourth-order valence-corrected chi connectivity index (χ4v) is 3.68. The van der Waals surface area contributed by atoms with Crippen molar-refractivity contribution < 1.29 is 13.3 Å². The summed E-state index contributed by atoms with van der Waals surface area (Å²) >= 11 is 11.8. The standard InChI is InChI=1S/C13H10Cl2N2O4S/c1-8-2-5-13(11(15)6-8)22(20,21)16-12-4-3-9(17(18)19)7-10(12)14/h2-7,16H,1H3. The number of nitro benzene ring substituents is 1. The van der Waals surface area contributed by atoms with Crippen LogP contribution >= 0.6 is 23.2 Å². The van der Waals surface area contributed by atoms with E-state index in [2.05, 4.69) is 4.72 Å². The van der Waals surface area contributed by atoms with E-state index in [1.165, 1.54) is 18.2 Å². The molecule has 0 aliphatic heterocycles. The zero-order valence-electron chi connectivity index (χ0n) is 11.2. The molecule has 2 rings (SSSR count). The van der Waals surface area contributed by atoms with Crippen molar-refractivity contribution in [1.29, 1.82) is 0 Å². The van der Waals surface area contributed by atoms with Crippen LogP contribution in [-0.4, -0.2) is 13.3 Å². The predicted octanol–water partition coefficient (Wildman–Crippen LogP) is 4.01. The monoisotopic (exact) mass is 360 g/mol. The van der Waals surface area contributed by atoms with Gasteiger partial charge in [0.1, 0.15) is 4.90 Å². The smallest absolute Gasteiger partial charge is 0.271 e. The average molecular weight is 361 g/mol. The molecule has 22 heavy (non-hydrogen) atoms. The highest BCUT2D eigenvalue weighted by Gasteiger charge is 2.20. The van der Waals surface area contributed by atoms with Crippen LogP contribution in [0.5, 0.6) is 0 Å². The van der Waals surface area contributed by atoms with Crippen LogP contribution in [0.15, 0.2) is 41.3 Å². The number of nitrogens with one attached hydrogen (secondary N) is 1. The summed E-state index contributed by atoms with van der Waals surface area (Å²) < 4.78 is 26.9. The van der Waals surface area contributed by atoms with Crippen LogP contribution in [0.3, 0.4) is 0 Å². The summed E-state index contributed by atoms with van der Waals surface area (Å²) in [6, 6.07) is 7.95. The third-order valence-corrected chi connectivity index (χ3v) is 4.95. The molecule has 0 radical (unpaired) electrons. The Labute approximate surface area is 136 Å². The Bertz CT molecular complexity index is 853. The van der Waals surface area contributed by atoms with Crippen molar-refractivity contribution in [2.45, 2.75) is 11.8 Å². The molecular weight excluding hydrogens is 351 g/mol. The van der Waals surface area contributed by atoms with Gasteiger partial charge in [-0.1, -0.05) is 29.3 Å². The van der Waals surface area contributed by atoms with Gasteiger partial charge in [-0.25, -0.2) is 8.42 Å². The van der Waals surface area contributed by atoms with Gasteiger partial charge >= 0.3 is 0 Å². The summed E-state index contributed by atoms with van der Waals surface area (Å²) in [5, 5.41) is 10.6. The van der Waals surface area contributed by atoms with Crippen LogP contribution in [0.1, 0.15) is 5.56 Å². The first-order valence-corrected chi connectivity index (χ1v) is 8.17. The summed E-state index contributed by atoms with van der Waals surface area (Å²) in [6.45, 7) is 1.78. The highest BCUT2D eigenvalue weighted by molar-refractivity contribution is 7.92. The van der Waals surface area contributed by atoms with E-state index < -0.39 is 14.9 Å². The van der Waals surface area contributed by atoms with Crippen molar-refractivity contribution in [3.63, 3.8) is 0 Å². The fourth-order valence-electron chi connectivity index (χ4n) is 1.72. The molecular formula is C13H10Cl2N2O4S. The fraction of sp³-hybridized carbons (Fsp3) is 0.0769. The molecule has 0 atom stereocenters. The molecule has 0 aromatic heterocycles. The second-order valence-electron chi connectivity index (χ2n) is 4.46. The molecule has 0 unspecified atom stereocenters. The number of rotatable bonds is 4. The van der Waals surface area contributed by atoms with Crippen LogP contribution in [0.25, 0.3) is 0 Å². The zero-order chi connectivity index (χ0) is 16.5.